The number of benzene rings is 2. The van der Waals surface area contributed by atoms with Crippen LogP contribution in [0.3, 0.4) is 0 Å². The molecule has 7 nitrogen and oxygen atoms in total. The highest BCUT2D eigenvalue weighted by molar-refractivity contribution is 5.95. The van der Waals surface area contributed by atoms with Gasteiger partial charge >= 0.3 is 0 Å². The van der Waals surface area contributed by atoms with Gasteiger partial charge in [0.2, 0.25) is 0 Å². The monoisotopic (exact) mass is 444 g/mol. The van der Waals surface area contributed by atoms with Gasteiger partial charge < -0.3 is 15.4 Å². The molecule has 0 saturated heterocycles. The second-order valence-corrected chi connectivity index (χ2v) is 8.86. The van der Waals surface area contributed by atoms with Gasteiger partial charge in [-0.2, -0.15) is 5.10 Å². The summed E-state index contributed by atoms with van der Waals surface area (Å²) in [5.74, 6) is 0.786. The van der Waals surface area contributed by atoms with E-state index in [0.717, 1.165) is 42.6 Å². The van der Waals surface area contributed by atoms with Crippen LogP contribution in [-0.4, -0.2) is 34.2 Å². The summed E-state index contributed by atoms with van der Waals surface area (Å²) in [5, 5.41) is 10.5. The van der Waals surface area contributed by atoms with Crippen LogP contribution in [-0.2, 0) is 4.79 Å². The van der Waals surface area contributed by atoms with E-state index in [9.17, 15) is 9.59 Å². The minimum absolute atomic E-state index is 0.0114. The van der Waals surface area contributed by atoms with E-state index in [0.29, 0.717) is 23.3 Å². The fourth-order valence-electron chi connectivity index (χ4n) is 3.91. The molecule has 170 valence electrons. The van der Waals surface area contributed by atoms with E-state index in [1.165, 1.54) is 0 Å². The number of carbonyl (C=O) groups is 2. The molecule has 33 heavy (non-hydrogen) atoms. The van der Waals surface area contributed by atoms with Crippen LogP contribution in [0.4, 0.5) is 0 Å². The van der Waals surface area contributed by atoms with Crippen LogP contribution >= 0.6 is 0 Å². The van der Waals surface area contributed by atoms with Gasteiger partial charge in [-0.1, -0.05) is 30.3 Å². The summed E-state index contributed by atoms with van der Waals surface area (Å²) >= 11 is 0. The highest BCUT2D eigenvalue weighted by Gasteiger charge is 2.33. The maximum atomic E-state index is 13.1. The highest BCUT2D eigenvalue weighted by atomic mass is 16.5. The first-order valence-electron chi connectivity index (χ1n) is 11.5. The smallest absolute Gasteiger partial charge is 0.258 e. The quantitative estimate of drug-likeness (QED) is 0.524. The number of carbonyl (C=O) groups excluding carboxylic acids is 2. The Kier molecular flexibility index (Phi) is 5.86. The summed E-state index contributed by atoms with van der Waals surface area (Å²) in [4.78, 5) is 24.9. The number of hydrogen-bond donors (Lipinski definition) is 2. The minimum Gasteiger partial charge on any atom is -0.484 e. The maximum Gasteiger partial charge on any atom is 0.258 e. The molecule has 2 aliphatic carbocycles. The number of hydrogen-bond acceptors (Lipinski definition) is 4. The van der Waals surface area contributed by atoms with Crippen LogP contribution in [0.1, 0.15) is 66.2 Å². The fourth-order valence-corrected chi connectivity index (χ4v) is 3.91. The van der Waals surface area contributed by atoms with Crippen molar-refractivity contribution in [3.63, 3.8) is 0 Å². The van der Waals surface area contributed by atoms with Crippen LogP contribution in [0.25, 0.3) is 5.69 Å². The first-order chi connectivity index (χ1) is 16.1. The number of aromatic nitrogens is 2. The number of rotatable bonds is 9. The van der Waals surface area contributed by atoms with Gasteiger partial charge in [0.25, 0.3) is 11.8 Å². The van der Waals surface area contributed by atoms with E-state index >= 15 is 0 Å². The SMILES string of the molecule is CC(NC(=O)c1cnn(-c2ccccc2)c1C1CC1)c1ccc(OCC(=O)NC2CC2)cc1. The summed E-state index contributed by atoms with van der Waals surface area (Å²) < 4.78 is 7.46. The van der Waals surface area contributed by atoms with Crippen LogP contribution < -0.4 is 15.4 Å². The Morgan fingerprint density at radius 3 is 2.45 bits per heavy atom. The third-order valence-corrected chi connectivity index (χ3v) is 6.06. The average molecular weight is 445 g/mol. The minimum atomic E-state index is -0.183. The van der Waals surface area contributed by atoms with Crippen LogP contribution in [0.15, 0.2) is 60.8 Å². The maximum absolute atomic E-state index is 13.1. The van der Waals surface area contributed by atoms with Crippen LogP contribution in [0, 0.1) is 0 Å². The normalized spacial score (nSPS) is 16.2. The second kappa shape index (κ2) is 9.10. The van der Waals surface area contributed by atoms with E-state index in [1.807, 2.05) is 66.2 Å². The largest absolute Gasteiger partial charge is 0.484 e. The molecule has 1 unspecified atom stereocenters. The third-order valence-electron chi connectivity index (χ3n) is 6.06. The standard InChI is InChI=1S/C26H28N4O3/c1-17(18-9-13-22(14-10-18)33-16-24(31)29-20-11-12-20)28-26(32)23-15-27-30(25(23)19-7-8-19)21-5-3-2-4-6-21/h2-6,9-10,13-15,17,19-20H,7-8,11-12,16H2,1H3,(H,28,32)(H,29,31). The number of nitrogens with one attached hydrogen (secondary N) is 2. The lowest BCUT2D eigenvalue weighted by molar-refractivity contribution is -0.123. The number of amides is 2. The van der Waals surface area contributed by atoms with Crippen molar-refractivity contribution < 1.29 is 14.3 Å². The molecule has 7 heteroatoms. The molecule has 0 radical (unpaired) electrons. The Balaban J connectivity index is 1.23. The first-order valence-corrected chi connectivity index (χ1v) is 11.5. The van der Waals surface area contributed by atoms with Crippen molar-refractivity contribution in [1.82, 2.24) is 20.4 Å². The molecular formula is C26H28N4O3. The first kappa shape index (κ1) is 21.2. The van der Waals surface area contributed by atoms with E-state index in [-0.39, 0.29) is 24.5 Å². The van der Waals surface area contributed by atoms with E-state index < -0.39 is 0 Å². The van der Waals surface area contributed by atoms with Crippen molar-refractivity contribution in [3.05, 3.63) is 77.6 Å². The zero-order valence-electron chi connectivity index (χ0n) is 18.7. The van der Waals surface area contributed by atoms with Gasteiger partial charge in [-0.05, 0) is 62.4 Å². The van der Waals surface area contributed by atoms with Gasteiger partial charge in [0, 0.05) is 12.0 Å². The number of nitrogens with zero attached hydrogens (tertiary/aromatic N) is 2. The molecule has 2 amide bonds. The highest BCUT2D eigenvalue weighted by Crippen LogP contribution is 2.42. The van der Waals surface area contributed by atoms with E-state index in [1.54, 1.807) is 6.20 Å². The summed E-state index contributed by atoms with van der Waals surface area (Å²) in [7, 11) is 0. The van der Waals surface area contributed by atoms with E-state index in [4.69, 9.17) is 4.74 Å². The van der Waals surface area contributed by atoms with Gasteiger partial charge in [0.1, 0.15) is 5.75 Å². The molecule has 1 atom stereocenters. The Hall–Kier alpha value is -3.61. The number of ether oxygens (including phenoxy) is 1. The van der Waals surface area contributed by atoms with Gasteiger partial charge in [-0.3, -0.25) is 9.59 Å². The van der Waals surface area contributed by atoms with Gasteiger partial charge in [0.15, 0.2) is 6.61 Å². The Labute approximate surface area is 193 Å². The van der Waals surface area contributed by atoms with E-state index in [2.05, 4.69) is 15.7 Å². The molecule has 0 spiro atoms. The Morgan fingerprint density at radius 2 is 1.79 bits per heavy atom. The fraction of sp³-hybridized carbons (Fsp3) is 0.346. The molecule has 2 aromatic carbocycles. The molecule has 1 aromatic heterocycles. The van der Waals surface area contributed by atoms with Crippen molar-refractivity contribution in [2.75, 3.05) is 6.61 Å². The predicted octanol–water partition coefficient (Wildman–Crippen LogP) is 3.90. The summed E-state index contributed by atoms with van der Waals surface area (Å²) in [5.41, 5.74) is 3.54. The van der Waals surface area contributed by atoms with Crippen molar-refractivity contribution in [3.8, 4) is 11.4 Å². The van der Waals surface area contributed by atoms with Gasteiger partial charge in [0.05, 0.1) is 29.2 Å². The summed E-state index contributed by atoms with van der Waals surface area (Å²) in [6.45, 7) is 1.97. The topological polar surface area (TPSA) is 85.2 Å². The van der Waals surface area contributed by atoms with Crippen molar-refractivity contribution >= 4 is 11.8 Å². The Morgan fingerprint density at radius 1 is 1.06 bits per heavy atom. The van der Waals surface area contributed by atoms with Gasteiger partial charge in [-0.15, -0.1) is 0 Å². The lowest BCUT2D eigenvalue weighted by Gasteiger charge is -2.16. The zero-order valence-corrected chi connectivity index (χ0v) is 18.7. The molecule has 2 saturated carbocycles. The summed E-state index contributed by atoms with van der Waals surface area (Å²) in [6, 6.07) is 17.5. The Bertz CT molecular complexity index is 1130. The molecule has 2 N–H and O–H groups in total. The van der Waals surface area contributed by atoms with Crippen molar-refractivity contribution in [1.29, 1.82) is 0 Å². The van der Waals surface area contributed by atoms with Gasteiger partial charge in [-0.25, -0.2) is 4.68 Å². The molecule has 2 fully saturated rings. The lowest BCUT2D eigenvalue weighted by atomic mass is 10.1. The lowest BCUT2D eigenvalue weighted by Crippen LogP contribution is -2.30. The molecule has 0 aliphatic heterocycles. The van der Waals surface area contributed by atoms with Crippen molar-refractivity contribution in [2.24, 2.45) is 0 Å². The summed E-state index contributed by atoms with van der Waals surface area (Å²) in [6.07, 6.45) is 5.94. The molecule has 1 heterocycles. The third kappa shape index (κ3) is 5.08. The molecule has 2 aliphatic rings. The molecule has 3 aromatic rings. The molecular weight excluding hydrogens is 416 g/mol. The van der Waals surface area contributed by atoms with Crippen LogP contribution in [0.5, 0.6) is 5.75 Å². The van der Waals surface area contributed by atoms with Crippen molar-refractivity contribution in [2.45, 2.75) is 50.6 Å². The second-order valence-electron chi connectivity index (χ2n) is 8.86. The average Bonchev–Trinajstić information content (AvgIpc) is 3.78. The predicted molar refractivity (Wildman–Crippen MR) is 125 cm³/mol. The zero-order chi connectivity index (χ0) is 22.8. The molecule has 0 bridgehead atoms. The molecule has 5 rings (SSSR count). The number of para-hydroxylation sites is 1. The van der Waals surface area contributed by atoms with Crippen LogP contribution in [0.2, 0.25) is 0 Å².